The summed E-state index contributed by atoms with van der Waals surface area (Å²) in [5.74, 6) is -4.04. The van der Waals surface area contributed by atoms with Crippen LogP contribution in [0.2, 0.25) is 0 Å². The zero-order valence-corrected chi connectivity index (χ0v) is 20.6. The molecule has 0 saturated heterocycles. The van der Waals surface area contributed by atoms with E-state index in [0.29, 0.717) is 28.8 Å². The first-order valence-corrected chi connectivity index (χ1v) is 12.4. The van der Waals surface area contributed by atoms with Gasteiger partial charge in [-0.05, 0) is 57.1 Å². The van der Waals surface area contributed by atoms with Crippen LogP contribution in [0.5, 0.6) is 0 Å². The highest BCUT2D eigenvalue weighted by Crippen LogP contribution is 2.45. The second-order valence-corrected chi connectivity index (χ2v) is 9.86. The fraction of sp³-hybridized carbons (Fsp3) is 0.429. The maximum atomic E-state index is 13.8. The molecule has 3 atom stereocenters. The van der Waals surface area contributed by atoms with E-state index in [1.165, 1.54) is 13.4 Å². The highest BCUT2D eigenvalue weighted by atomic mass is 16.5. The van der Waals surface area contributed by atoms with Crippen molar-refractivity contribution in [3.63, 3.8) is 0 Å². The molecule has 3 aliphatic rings. The van der Waals surface area contributed by atoms with Crippen molar-refractivity contribution >= 4 is 28.7 Å². The van der Waals surface area contributed by atoms with Gasteiger partial charge in [-0.3, -0.25) is 14.4 Å². The van der Waals surface area contributed by atoms with E-state index in [0.717, 1.165) is 25.7 Å². The standard InChI is InChI=1S/C28H29NO7/c1-14-12-19-24(26(31)21(14)27(32)34-3)23(18-13-35-20-11-7-6-10-17(20)25(18)30)22(15(2)29-19)28(33)36-16-8-4-5-9-16/h6-7,10-11,13-14,16,21,23,29H,4-5,8-9,12H2,1-3H3/t14-,21+,23+/m1/s1. The monoisotopic (exact) mass is 491 g/mol. The van der Waals surface area contributed by atoms with Crippen molar-refractivity contribution in [3.8, 4) is 0 Å². The molecule has 188 valence electrons. The summed E-state index contributed by atoms with van der Waals surface area (Å²) in [6, 6.07) is 6.83. The van der Waals surface area contributed by atoms with Gasteiger partial charge in [0.25, 0.3) is 0 Å². The number of para-hydroxylation sites is 1. The molecular formula is C28H29NO7. The van der Waals surface area contributed by atoms with Crippen molar-refractivity contribution in [3.05, 3.63) is 68.9 Å². The number of hydrogen-bond donors (Lipinski definition) is 1. The molecule has 36 heavy (non-hydrogen) atoms. The van der Waals surface area contributed by atoms with E-state index >= 15 is 0 Å². The lowest BCUT2D eigenvalue weighted by Crippen LogP contribution is -2.44. The van der Waals surface area contributed by atoms with E-state index < -0.39 is 29.6 Å². The maximum absolute atomic E-state index is 13.8. The molecule has 2 heterocycles. The zero-order chi connectivity index (χ0) is 25.6. The van der Waals surface area contributed by atoms with Gasteiger partial charge in [-0.25, -0.2) is 4.79 Å². The molecule has 0 radical (unpaired) electrons. The summed E-state index contributed by atoms with van der Waals surface area (Å²) in [4.78, 5) is 53.7. The Morgan fingerprint density at radius 1 is 1.11 bits per heavy atom. The summed E-state index contributed by atoms with van der Waals surface area (Å²) in [6.45, 7) is 3.56. The first-order valence-electron chi connectivity index (χ1n) is 12.4. The van der Waals surface area contributed by atoms with Crippen LogP contribution in [0.3, 0.4) is 0 Å². The smallest absolute Gasteiger partial charge is 0.337 e. The largest absolute Gasteiger partial charge is 0.468 e. The quantitative estimate of drug-likeness (QED) is 0.506. The van der Waals surface area contributed by atoms with Gasteiger partial charge in [0.05, 0.1) is 30.3 Å². The lowest BCUT2D eigenvalue weighted by Gasteiger charge is -2.38. The number of carbonyl (C=O) groups excluding carboxylic acids is 3. The molecule has 1 aromatic carbocycles. The van der Waals surface area contributed by atoms with Crippen molar-refractivity contribution in [1.82, 2.24) is 5.32 Å². The summed E-state index contributed by atoms with van der Waals surface area (Å²) in [7, 11) is 1.25. The van der Waals surface area contributed by atoms with Crippen LogP contribution in [-0.4, -0.2) is 30.9 Å². The number of nitrogens with one attached hydrogen (secondary N) is 1. The van der Waals surface area contributed by atoms with E-state index in [1.807, 2.05) is 6.92 Å². The Hall–Kier alpha value is -3.68. The Bertz CT molecular complexity index is 1380. The normalized spacial score (nSPS) is 24.5. The minimum atomic E-state index is -1.03. The van der Waals surface area contributed by atoms with Crippen LogP contribution in [0, 0.1) is 11.8 Å². The number of esters is 2. The highest BCUT2D eigenvalue weighted by molar-refractivity contribution is 6.12. The fourth-order valence-electron chi connectivity index (χ4n) is 5.78. The summed E-state index contributed by atoms with van der Waals surface area (Å²) in [5.41, 5.74) is 1.75. The minimum absolute atomic E-state index is 0.159. The van der Waals surface area contributed by atoms with Crippen LogP contribution in [0.1, 0.15) is 57.4 Å². The molecule has 1 fully saturated rings. The van der Waals surface area contributed by atoms with Gasteiger partial charge in [0, 0.05) is 22.5 Å². The van der Waals surface area contributed by atoms with E-state index in [4.69, 9.17) is 13.9 Å². The van der Waals surface area contributed by atoms with Gasteiger partial charge in [0.1, 0.15) is 17.6 Å². The first kappa shape index (κ1) is 24.0. The number of allylic oxidation sites excluding steroid dienone is 3. The minimum Gasteiger partial charge on any atom is -0.468 e. The van der Waals surface area contributed by atoms with Gasteiger partial charge in [-0.15, -0.1) is 0 Å². The number of dihydropyridines is 1. The molecule has 0 bridgehead atoms. The summed E-state index contributed by atoms with van der Waals surface area (Å²) < 4.78 is 16.6. The molecule has 5 rings (SSSR count). The Labute approximate surface area is 208 Å². The molecule has 1 saturated carbocycles. The Balaban J connectivity index is 1.69. The van der Waals surface area contributed by atoms with Crippen molar-refractivity contribution < 1.29 is 28.3 Å². The van der Waals surface area contributed by atoms with Gasteiger partial charge in [0.2, 0.25) is 0 Å². The second kappa shape index (κ2) is 9.41. The van der Waals surface area contributed by atoms with Crippen LogP contribution in [0.4, 0.5) is 0 Å². The average Bonchev–Trinajstić information content (AvgIpc) is 3.36. The number of hydrogen-bond acceptors (Lipinski definition) is 8. The molecule has 8 heteroatoms. The van der Waals surface area contributed by atoms with Crippen LogP contribution < -0.4 is 10.7 Å². The van der Waals surface area contributed by atoms with Crippen LogP contribution in [-0.2, 0) is 23.9 Å². The molecule has 1 aromatic heterocycles. The fourth-order valence-corrected chi connectivity index (χ4v) is 5.78. The predicted octanol–water partition coefficient (Wildman–Crippen LogP) is 3.89. The van der Waals surface area contributed by atoms with E-state index in [1.54, 1.807) is 31.2 Å². The van der Waals surface area contributed by atoms with Gasteiger partial charge in [0.15, 0.2) is 11.2 Å². The third-order valence-corrected chi connectivity index (χ3v) is 7.56. The van der Waals surface area contributed by atoms with E-state index in [9.17, 15) is 19.2 Å². The molecule has 1 N–H and O–H groups in total. The Morgan fingerprint density at radius 2 is 1.83 bits per heavy atom. The summed E-state index contributed by atoms with van der Waals surface area (Å²) in [6.07, 6.45) is 5.04. The van der Waals surface area contributed by atoms with Crippen molar-refractivity contribution in [2.45, 2.75) is 58.0 Å². The predicted molar refractivity (Wildman–Crippen MR) is 131 cm³/mol. The van der Waals surface area contributed by atoms with Crippen LogP contribution in [0.15, 0.2) is 62.3 Å². The number of ether oxygens (including phenoxy) is 2. The highest BCUT2D eigenvalue weighted by Gasteiger charge is 2.48. The lowest BCUT2D eigenvalue weighted by molar-refractivity contribution is -0.151. The van der Waals surface area contributed by atoms with Crippen LogP contribution in [0.25, 0.3) is 11.0 Å². The molecule has 8 nitrogen and oxygen atoms in total. The summed E-state index contributed by atoms with van der Waals surface area (Å²) >= 11 is 0. The van der Waals surface area contributed by atoms with Crippen molar-refractivity contribution in [1.29, 1.82) is 0 Å². The maximum Gasteiger partial charge on any atom is 0.337 e. The summed E-state index contributed by atoms with van der Waals surface area (Å²) in [5, 5.41) is 3.57. The van der Waals surface area contributed by atoms with Gasteiger partial charge >= 0.3 is 11.9 Å². The number of ketones is 1. The topological polar surface area (TPSA) is 112 Å². The van der Waals surface area contributed by atoms with Gasteiger partial charge in [-0.2, -0.15) is 0 Å². The Kier molecular flexibility index (Phi) is 6.28. The molecular weight excluding hydrogens is 462 g/mol. The molecule has 1 aliphatic heterocycles. The van der Waals surface area contributed by atoms with E-state index in [-0.39, 0.29) is 34.2 Å². The average molecular weight is 492 g/mol. The number of carbonyl (C=O) groups is 3. The van der Waals surface area contributed by atoms with Gasteiger partial charge in [-0.1, -0.05) is 19.1 Å². The molecule has 0 spiro atoms. The molecule has 0 amide bonds. The van der Waals surface area contributed by atoms with E-state index in [2.05, 4.69) is 5.32 Å². The van der Waals surface area contributed by atoms with Crippen LogP contribution >= 0.6 is 0 Å². The number of benzene rings is 1. The van der Waals surface area contributed by atoms with Crippen molar-refractivity contribution in [2.75, 3.05) is 7.11 Å². The SMILES string of the molecule is COC(=O)[C@@H]1C(=O)C2=C(C[C@H]1C)NC(C)=C(C(=O)OC1CCCC1)[C@@H]2c1coc2ccccc2c1=O. The number of methoxy groups -OCH3 is 1. The first-order chi connectivity index (χ1) is 17.3. The third kappa shape index (κ3) is 3.94. The molecule has 2 aliphatic carbocycles. The molecule has 0 unspecified atom stereocenters. The van der Waals surface area contributed by atoms with Gasteiger partial charge < -0.3 is 19.2 Å². The Morgan fingerprint density at radius 3 is 2.56 bits per heavy atom. The number of rotatable bonds is 4. The van der Waals surface area contributed by atoms with Crippen molar-refractivity contribution in [2.24, 2.45) is 11.8 Å². The zero-order valence-electron chi connectivity index (χ0n) is 20.6. The lowest BCUT2D eigenvalue weighted by atomic mass is 9.69. The third-order valence-electron chi connectivity index (χ3n) is 7.56. The molecule has 2 aromatic rings. The number of Topliss-reactive ketones (excluding diaryl/α,β-unsaturated/α-hetero) is 1. The second-order valence-electron chi connectivity index (χ2n) is 9.86. The number of fused-ring (bicyclic) bond motifs is 1.